The molecule has 3 nitrogen and oxygen atoms in total. The predicted octanol–water partition coefficient (Wildman–Crippen LogP) is 2.27. The van der Waals surface area contributed by atoms with E-state index >= 15 is 0 Å². The van der Waals surface area contributed by atoms with Crippen molar-refractivity contribution in [2.75, 3.05) is 13.1 Å². The Labute approximate surface area is 136 Å². The zero-order chi connectivity index (χ0) is 15.2. The third kappa shape index (κ3) is 1.53. The van der Waals surface area contributed by atoms with Crippen LogP contribution in [-0.4, -0.2) is 41.3 Å². The highest BCUT2D eigenvalue weighted by molar-refractivity contribution is 5.56. The number of hydrogen-bond acceptors (Lipinski definition) is 3. The normalized spacial score (nSPS) is 43.2. The zero-order valence-electron chi connectivity index (χ0n) is 13.3. The van der Waals surface area contributed by atoms with Crippen molar-refractivity contribution >= 4 is 0 Å². The number of benzene rings is 1. The van der Waals surface area contributed by atoms with Gasteiger partial charge in [0.25, 0.3) is 0 Å². The fourth-order valence-corrected chi connectivity index (χ4v) is 5.96. The number of likely N-dealkylation sites (tertiary alicyclic amines) is 1. The largest absolute Gasteiger partial charge is 0.486 e. The Morgan fingerprint density at radius 3 is 3.04 bits per heavy atom. The summed E-state index contributed by atoms with van der Waals surface area (Å²) < 4.78 is 6.30. The zero-order valence-corrected chi connectivity index (χ0v) is 13.3. The van der Waals surface area contributed by atoms with Crippen LogP contribution in [0.5, 0.6) is 5.75 Å². The highest BCUT2D eigenvalue weighted by Crippen LogP contribution is 2.60. The van der Waals surface area contributed by atoms with Crippen LogP contribution in [0.3, 0.4) is 0 Å². The number of aliphatic hydroxyl groups is 1. The van der Waals surface area contributed by atoms with E-state index in [2.05, 4.69) is 29.2 Å². The quantitative estimate of drug-likeness (QED) is 0.851. The third-order valence-electron chi connectivity index (χ3n) is 7.08. The second kappa shape index (κ2) is 4.20. The first-order valence-electron chi connectivity index (χ1n) is 9.17. The Hall–Kier alpha value is -1.32. The molecule has 23 heavy (non-hydrogen) atoms. The fraction of sp³-hybridized carbons (Fsp3) is 0.600. The molecule has 1 spiro atoms. The summed E-state index contributed by atoms with van der Waals surface area (Å²) in [5.41, 5.74) is 2.92. The van der Waals surface area contributed by atoms with Gasteiger partial charge in [-0.05, 0) is 49.8 Å². The van der Waals surface area contributed by atoms with E-state index < -0.39 is 6.10 Å². The number of hydrogen-bond donors (Lipinski definition) is 1. The monoisotopic (exact) mass is 309 g/mol. The molecule has 6 rings (SSSR count). The Balaban J connectivity index is 1.53. The molecule has 1 saturated heterocycles. The van der Waals surface area contributed by atoms with Gasteiger partial charge < -0.3 is 9.84 Å². The molecule has 3 heteroatoms. The average Bonchev–Trinajstić information content (AvgIpc) is 3.30. The van der Waals surface area contributed by atoms with Crippen molar-refractivity contribution in [3.8, 4) is 5.75 Å². The van der Waals surface area contributed by atoms with Crippen LogP contribution >= 0.6 is 0 Å². The maximum atomic E-state index is 10.6. The lowest BCUT2D eigenvalue weighted by Crippen LogP contribution is -2.65. The van der Waals surface area contributed by atoms with Crippen molar-refractivity contribution in [2.45, 2.75) is 49.3 Å². The first-order chi connectivity index (χ1) is 11.3. The summed E-state index contributed by atoms with van der Waals surface area (Å²) in [6.45, 7) is 2.43. The summed E-state index contributed by atoms with van der Waals surface area (Å²) >= 11 is 0. The Morgan fingerprint density at radius 2 is 2.17 bits per heavy atom. The van der Waals surface area contributed by atoms with Crippen LogP contribution in [0.1, 0.15) is 30.4 Å². The number of aliphatic hydroxyl groups excluding tert-OH is 1. The molecular formula is C20H23NO2. The van der Waals surface area contributed by atoms with Crippen molar-refractivity contribution in [2.24, 2.45) is 11.8 Å². The molecule has 120 valence electrons. The minimum absolute atomic E-state index is 0.0169. The van der Waals surface area contributed by atoms with Gasteiger partial charge in [0, 0.05) is 29.5 Å². The smallest absolute Gasteiger partial charge is 0.138 e. The van der Waals surface area contributed by atoms with Crippen LogP contribution in [0.15, 0.2) is 30.4 Å². The maximum absolute atomic E-state index is 10.6. The molecular weight excluding hydrogens is 286 g/mol. The summed E-state index contributed by atoms with van der Waals surface area (Å²) in [5, 5.41) is 10.6. The van der Waals surface area contributed by atoms with Gasteiger partial charge in [0.1, 0.15) is 18.0 Å². The third-order valence-corrected chi connectivity index (χ3v) is 7.08. The van der Waals surface area contributed by atoms with Crippen molar-refractivity contribution in [1.29, 1.82) is 0 Å². The van der Waals surface area contributed by atoms with E-state index in [0.717, 1.165) is 31.1 Å². The van der Waals surface area contributed by atoms with Crippen molar-refractivity contribution in [1.82, 2.24) is 4.90 Å². The molecule has 3 aliphatic carbocycles. The standard InChI is InChI=1S/C20H23NO2/c22-16-7-6-14-15-10-13-2-1-3-17-18(13)20(14,19(16)23-17)8-9-21(15)11-12-4-5-12/h1-3,6-7,12,14-16,19,22H,4-5,8-11H2/t14-,15+,16-,19-,20-/m0/s1. The highest BCUT2D eigenvalue weighted by Gasteiger charge is 2.64. The Bertz CT molecular complexity index is 710. The van der Waals surface area contributed by atoms with Crippen molar-refractivity contribution < 1.29 is 9.84 Å². The number of rotatable bonds is 2. The van der Waals surface area contributed by atoms with Gasteiger partial charge in [0.05, 0.1) is 0 Å². The molecule has 5 aliphatic rings. The van der Waals surface area contributed by atoms with Crippen LogP contribution in [0.25, 0.3) is 0 Å². The molecule has 2 bridgehead atoms. The van der Waals surface area contributed by atoms with Crippen molar-refractivity contribution in [3.05, 3.63) is 41.5 Å². The van der Waals surface area contributed by atoms with Crippen LogP contribution < -0.4 is 4.74 Å². The Kier molecular flexibility index (Phi) is 2.38. The highest BCUT2D eigenvalue weighted by atomic mass is 16.5. The molecule has 0 unspecified atom stereocenters. The van der Waals surface area contributed by atoms with E-state index in [9.17, 15) is 5.11 Å². The molecule has 2 fully saturated rings. The van der Waals surface area contributed by atoms with Gasteiger partial charge in [0.15, 0.2) is 0 Å². The lowest BCUT2D eigenvalue weighted by molar-refractivity contribution is -0.0523. The SMILES string of the molecule is O[C@H]1C=C[C@H]2[C@H]3Cc4cccc5c4[C@@]2(CCN3CC2CC2)[C@H]1O5. The van der Waals surface area contributed by atoms with Gasteiger partial charge in [0.2, 0.25) is 0 Å². The van der Waals surface area contributed by atoms with E-state index in [0.29, 0.717) is 12.0 Å². The number of ether oxygens (including phenoxy) is 1. The Morgan fingerprint density at radius 1 is 1.26 bits per heavy atom. The summed E-state index contributed by atoms with van der Waals surface area (Å²) in [5.74, 6) is 2.47. The van der Waals surface area contributed by atoms with Gasteiger partial charge >= 0.3 is 0 Å². The molecule has 1 N–H and O–H groups in total. The molecule has 1 aromatic carbocycles. The predicted molar refractivity (Wildman–Crippen MR) is 87.6 cm³/mol. The number of piperidine rings is 1. The van der Waals surface area contributed by atoms with E-state index in [1.807, 2.05) is 6.08 Å². The van der Waals surface area contributed by atoms with Crippen LogP contribution in [0.2, 0.25) is 0 Å². The molecule has 2 aliphatic heterocycles. The second-order valence-corrected chi connectivity index (χ2v) is 8.23. The van der Waals surface area contributed by atoms with E-state index in [-0.39, 0.29) is 11.5 Å². The lowest BCUT2D eigenvalue weighted by Gasteiger charge is -2.57. The molecule has 5 atom stereocenters. The van der Waals surface area contributed by atoms with Crippen LogP contribution in [0, 0.1) is 11.8 Å². The van der Waals surface area contributed by atoms with Gasteiger partial charge in [-0.25, -0.2) is 0 Å². The topological polar surface area (TPSA) is 32.7 Å². The summed E-state index contributed by atoms with van der Waals surface area (Å²) in [6, 6.07) is 7.11. The summed E-state index contributed by atoms with van der Waals surface area (Å²) in [6.07, 6.45) is 8.85. The minimum atomic E-state index is -0.472. The van der Waals surface area contributed by atoms with E-state index in [4.69, 9.17) is 4.74 Å². The number of nitrogens with zero attached hydrogens (tertiary/aromatic N) is 1. The van der Waals surface area contributed by atoms with Crippen LogP contribution in [-0.2, 0) is 11.8 Å². The molecule has 0 radical (unpaired) electrons. The summed E-state index contributed by atoms with van der Waals surface area (Å²) in [7, 11) is 0. The van der Waals surface area contributed by atoms with Crippen molar-refractivity contribution in [3.63, 3.8) is 0 Å². The molecule has 2 heterocycles. The average molecular weight is 309 g/mol. The van der Waals surface area contributed by atoms with Crippen LogP contribution in [0.4, 0.5) is 0 Å². The van der Waals surface area contributed by atoms with Gasteiger partial charge in [-0.15, -0.1) is 0 Å². The van der Waals surface area contributed by atoms with E-state index in [1.165, 1.54) is 30.5 Å². The summed E-state index contributed by atoms with van der Waals surface area (Å²) in [4.78, 5) is 2.75. The molecule has 1 saturated carbocycles. The second-order valence-electron chi connectivity index (χ2n) is 8.23. The lowest BCUT2D eigenvalue weighted by atomic mass is 9.53. The van der Waals surface area contributed by atoms with Gasteiger partial charge in [-0.3, -0.25) is 4.90 Å². The minimum Gasteiger partial charge on any atom is -0.486 e. The van der Waals surface area contributed by atoms with E-state index in [1.54, 1.807) is 0 Å². The maximum Gasteiger partial charge on any atom is 0.138 e. The fourth-order valence-electron chi connectivity index (χ4n) is 5.96. The first kappa shape index (κ1) is 13.0. The molecule has 0 amide bonds. The molecule has 0 aromatic heterocycles. The van der Waals surface area contributed by atoms with Gasteiger partial charge in [-0.1, -0.05) is 24.3 Å². The molecule has 1 aromatic rings. The van der Waals surface area contributed by atoms with Gasteiger partial charge in [-0.2, -0.15) is 0 Å². The first-order valence-corrected chi connectivity index (χ1v) is 9.17.